The molecule has 0 aliphatic heterocycles. The second kappa shape index (κ2) is 5.06. The number of aryl methyl sites for hydroxylation is 2. The molecule has 1 unspecified atom stereocenters. The fraction of sp³-hybridized carbons (Fsp3) is 0.417. The summed E-state index contributed by atoms with van der Waals surface area (Å²) in [6.07, 6.45) is 2.03. The van der Waals surface area contributed by atoms with Gasteiger partial charge < -0.3 is 9.73 Å². The molecule has 17 heavy (non-hydrogen) atoms. The van der Waals surface area contributed by atoms with Crippen LogP contribution in [0.15, 0.2) is 27.4 Å². The van der Waals surface area contributed by atoms with Gasteiger partial charge in [0.15, 0.2) is 4.67 Å². The summed E-state index contributed by atoms with van der Waals surface area (Å²) in [6, 6.07) is 4.06. The van der Waals surface area contributed by atoms with Gasteiger partial charge in [0.1, 0.15) is 5.76 Å². The Morgan fingerprint density at radius 3 is 2.82 bits per heavy atom. The number of rotatable bonds is 4. The summed E-state index contributed by atoms with van der Waals surface area (Å²) in [7, 11) is 1.93. The van der Waals surface area contributed by atoms with Gasteiger partial charge >= 0.3 is 0 Å². The van der Waals surface area contributed by atoms with Crippen molar-refractivity contribution in [1.82, 2.24) is 15.1 Å². The summed E-state index contributed by atoms with van der Waals surface area (Å²) >= 11 is 3.30. The van der Waals surface area contributed by atoms with E-state index < -0.39 is 0 Å². The fourth-order valence-electron chi connectivity index (χ4n) is 1.75. The largest absolute Gasteiger partial charge is 0.453 e. The lowest BCUT2D eigenvalue weighted by atomic mass is 10.2. The smallest absolute Gasteiger partial charge is 0.169 e. The second-order valence-corrected chi connectivity index (χ2v) is 4.94. The minimum Gasteiger partial charge on any atom is -0.453 e. The number of halogens is 1. The minimum atomic E-state index is 0.181. The summed E-state index contributed by atoms with van der Waals surface area (Å²) < 4.78 is 8.10. The highest BCUT2D eigenvalue weighted by atomic mass is 79.9. The maximum absolute atomic E-state index is 5.50. The van der Waals surface area contributed by atoms with Crippen LogP contribution in [0.4, 0.5) is 0 Å². The number of hydrogen-bond donors (Lipinski definition) is 1. The van der Waals surface area contributed by atoms with Crippen molar-refractivity contribution in [3.05, 3.63) is 40.0 Å². The van der Waals surface area contributed by atoms with E-state index in [1.807, 2.05) is 37.0 Å². The Kier molecular flexibility index (Phi) is 3.69. The Labute approximate surface area is 109 Å². The normalized spacial score (nSPS) is 12.9. The van der Waals surface area contributed by atoms with Crippen LogP contribution in [0, 0.1) is 6.92 Å². The van der Waals surface area contributed by atoms with Gasteiger partial charge in [-0.2, -0.15) is 5.10 Å². The maximum atomic E-state index is 5.50. The second-order valence-electron chi connectivity index (χ2n) is 4.16. The van der Waals surface area contributed by atoms with Gasteiger partial charge in [0.05, 0.1) is 11.7 Å². The third-order valence-electron chi connectivity index (χ3n) is 2.73. The molecule has 2 rings (SSSR count). The predicted molar refractivity (Wildman–Crippen MR) is 69.6 cm³/mol. The van der Waals surface area contributed by atoms with Crippen molar-refractivity contribution in [2.24, 2.45) is 7.05 Å². The van der Waals surface area contributed by atoms with Crippen LogP contribution < -0.4 is 5.32 Å². The Bertz CT molecular complexity index is 504. The molecule has 0 fully saturated rings. The highest BCUT2D eigenvalue weighted by Crippen LogP contribution is 2.20. The molecular formula is C12H16BrN3O. The Hall–Kier alpha value is -1.07. The van der Waals surface area contributed by atoms with Gasteiger partial charge in [-0.05, 0) is 41.9 Å². The number of nitrogens with one attached hydrogen (secondary N) is 1. The molecule has 0 aliphatic carbocycles. The Morgan fingerprint density at radius 1 is 1.53 bits per heavy atom. The SMILES string of the molecule is Cc1nn(C)cc1CNC(C)c1ccc(Br)o1. The lowest BCUT2D eigenvalue weighted by Crippen LogP contribution is -2.17. The van der Waals surface area contributed by atoms with Crippen molar-refractivity contribution in [2.45, 2.75) is 26.4 Å². The van der Waals surface area contributed by atoms with Gasteiger partial charge in [-0.3, -0.25) is 4.68 Å². The highest BCUT2D eigenvalue weighted by Gasteiger charge is 2.10. The zero-order valence-corrected chi connectivity index (χ0v) is 11.8. The minimum absolute atomic E-state index is 0.181. The van der Waals surface area contributed by atoms with E-state index in [0.29, 0.717) is 0 Å². The molecule has 0 aliphatic rings. The van der Waals surface area contributed by atoms with Crippen molar-refractivity contribution in [2.75, 3.05) is 0 Å². The van der Waals surface area contributed by atoms with Gasteiger partial charge in [-0.25, -0.2) is 0 Å². The first-order chi connectivity index (χ1) is 8.06. The molecule has 4 nitrogen and oxygen atoms in total. The van der Waals surface area contributed by atoms with Gasteiger partial charge in [0, 0.05) is 25.4 Å². The Balaban J connectivity index is 1.96. The van der Waals surface area contributed by atoms with Gasteiger partial charge in [-0.15, -0.1) is 0 Å². The first-order valence-corrected chi connectivity index (χ1v) is 6.33. The summed E-state index contributed by atoms with van der Waals surface area (Å²) in [6.45, 7) is 4.89. The van der Waals surface area contributed by atoms with Gasteiger partial charge in [0.2, 0.25) is 0 Å². The first kappa shape index (κ1) is 12.4. The first-order valence-electron chi connectivity index (χ1n) is 5.54. The van der Waals surface area contributed by atoms with Gasteiger partial charge in [0.25, 0.3) is 0 Å². The van der Waals surface area contributed by atoms with Crippen LogP contribution in [0.1, 0.15) is 30.0 Å². The zero-order valence-electron chi connectivity index (χ0n) is 10.2. The fourth-order valence-corrected chi connectivity index (χ4v) is 2.07. The van der Waals surface area contributed by atoms with E-state index in [4.69, 9.17) is 4.42 Å². The molecule has 0 saturated carbocycles. The van der Waals surface area contributed by atoms with Crippen LogP contribution in [0.3, 0.4) is 0 Å². The predicted octanol–water partition coefficient (Wildman–Crippen LogP) is 2.93. The third kappa shape index (κ3) is 2.98. The van der Waals surface area contributed by atoms with Gasteiger partial charge in [-0.1, -0.05) is 0 Å². The van der Waals surface area contributed by atoms with Crippen LogP contribution in [0.5, 0.6) is 0 Å². The van der Waals surface area contributed by atoms with Crippen molar-refractivity contribution < 1.29 is 4.42 Å². The van der Waals surface area contributed by atoms with E-state index in [-0.39, 0.29) is 6.04 Å². The van der Waals surface area contributed by atoms with Crippen LogP contribution in [-0.4, -0.2) is 9.78 Å². The molecule has 1 atom stereocenters. The number of nitrogens with zero attached hydrogens (tertiary/aromatic N) is 2. The average molecular weight is 298 g/mol. The lowest BCUT2D eigenvalue weighted by Gasteiger charge is -2.10. The van der Waals surface area contributed by atoms with E-state index in [2.05, 4.69) is 33.3 Å². The summed E-state index contributed by atoms with van der Waals surface area (Å²) in [5.41, 5.74) is 2.28. The van der Waals surface area contributed by atoms with Crippen molar-refractivity contribution in [1.29, 1.82) is 0 Å². The monoisotopic (exact) mass is 297 g/mol. The maximum Gasteiger partial charge on any atom is 0.169 e. The molecule has 0 saturated heterocycles. The standard InChI is InChI=1S/C12H16BrN3O/c1-8-10(7-16(3)15-8)6-14-9(2)11-4-5-12(13)17-11/h4-5,7,9,14H,6H2,1-3H3. The van der Waals surface area contributed by atoms with E-state index >= 15 is 0 Å². The van der Waals surface area contributed by atoms with Crippen molar-refractivity contribution in [3.63, 3.8) is 0 Å². The number of hydrogen-bond acceptors (Lipinski definition) is 3. The van der Waals surface area contributed by atoms with Crippen molar-refractivity contribution >= 4 is 15.9 Å². The van der Waals surface area contributed by atoms with Crippen molar-refractivity contribution in [3.8, 4) is 0 Å². The third-order valence-corrected chi connectivity index (χ3v) is 3.16. The molecule has 5 heteroatoms. The molecule has 0 spiro atoms. The molecule has 2 aromatic heterocycles. The lowest BCUT2D eigenvalue weighted by molar-refractivity contribution is 0.417. The Morgan fingerprint density at radius 2 is 2.29 bits per heavy atom. The molecule has 0 amide bonds. The molecule has 2 heterocycles. The average Bonchev–Trinajstić information content (AvgIpc) is 2.82. The zero-order chi connectivity index (χ0) is 12.4. The van der Waals surface area contributed by atoms with Crippen LogP contribution >= 0.6 is 15.9 Å². The summed E-state index contributed by atoms with van der Waals surface area (Å²) in [5.74, 6) is 0.929. The summed E-state index contributed by atoms with van der Waals surface area (Å²) in [4.78, 5) is 0. The highest BCUT2D eigenvalue weighted by molar-refractivity contribution is 9.10. The molecule has 0 radical (unpaired) electrons. The van der Waals surface area contributed by atoms with Crippen LogP contribution in [0.2, 0.25) is 0 Å². The molecular weight excluding hydrogens is 282 g/mol. The van der Waals surface area contributed by atoms with Crippen LogP contribution in [0.25, 0.3) is 0 Å². The number of aromatic nitrogens is 2. The quantitative estimate of drug-likeness (QED) is 0.943. The van der Waals surface area contributed by atoms with E-state index in [0.717, 1.165) is 22.7 Å². The van der Waals surface area contributed by atoms with E-state index in [1.54, 1.807) is 0 Å². The molecule has 0 bridgehead atoms. The molecule has 2 aromatic rings. The topological polar surface area (TPSA) is 43.0 Å². The molecule has 1 N–H and O–H groups in total. The number of furan rings is 1. The van der Waals surface area contributed by atoms with Crippen LogP contribution in [-0.2, 0) is 13.6 Å². The molecule has 0 aromatic carbocycles. The molecule has 92 valence electrons. The van der Waals surface area contributed by atoms with E-state index in [1.165, 1.54) is 5.56 Å². The van der Waals surface area contributed by atoms with E-state index in [9.17, 15) is 0 Å². The summed E-state index contributed by atoms with van der Waals surface area (Å²) in [5, 5.41) is 7.73.